The summed E-state index contributed by atoms with van der Waals surface area (Å²) in [5, 5.41) is 0. The molecule has 0 N–H and O–H groups in total. The van der Waals surface area contributed by atoms with E-state index in [4.69, 9.17) is 16.3 Å². The van der Waals surface area contributed by atoms with E-state index >= 15 is 0 Å². The minimum absolute atomic E-state index is 0.0490. The van der Waals surface area contributed by atoms with Crippen LogP contribution in [0, 0.1) is 0 Å². The molecule has 1 aliphatic heterocycles. The molecule has 1 heterocycles. The molecule has 0 spiro atoms. The summed E-state index contributed by atoms with van der Waals surface area (Å²) in [5.74, 6) is 0. The molecule has 25 heavy (non-hydrogen) atoms. The number of likely N-dealkylation sites (N-methyl/N-ethyl adjacent to an activating group) is 1. The molecule has 2 atom stereocenters. The highest BCUT2D eigenvalue weighted by atomic mass is 35.5. The quantitative estimate of drug-likeness (QED) is 0.675. The van der Waals surface area contributed by atoms with Crippen molar-refractivity contribution in [3.8, 4) is 0 Å². The van der Waals surface area contributed by atoms with Gasteiger partial charge in [-0.3, -0.25) is 0 Å². The summed E-state index contributed by atoms with van der Waals surface area (Å²) in [6, 6.07) is 16.6. The van der Waals surface area contributed by atoms with Crippen molar-refractivity contribution in [2.24, 2.45) is 0 Å². The van der Waals surface area contributed by atoms with Gasteiger partial charge in [-0.25, -0.2) is 4.79 Å². The molecule has 0 saturated carbocycles. The molecule has 3 rings (SSSR count). The van der Waals surface area contributed by atoms with Crippen LogP contribution in [0.15, 0.2) is 58.3 Å². The maximum Gasteiger partial charge on any atom is 0.411 e. The van der Waals surface area contributed by atoms with Crippen LogP contribution in [0.3, 0.4) is 0 Å². The maximum absolute atomic E-state index is 12.1. The van der Waals surface area contributed by atoms with Crippen LogP contribution >= 0.6 is 23.4 Å². The fourth-order valence-corrected chi connectivity index (χ4v) is 3.94. The average molecular weight is 377 g/mol. The van der Waals surface area contributed by atoms with Crippen LogP contribution in [0.4, 0.5) is 16.2 Å². The lowest BCUT2D eigenvalue weighted by Gasteiger charge is -2.36. The molecule has 0 aliphatic carbocycles. The van der Waals surface area contributed by atoms with E-state index in [-0.39, 0.29) is 6.04 Å². The topological polar surface area (TPSA) is 32.8 Å². The zero-order valence-electron chi connectivity index (χ0n) is 14.5. The summed E-state index contributed by atoms with van der Waals surface area (Å²) in [6.07, 6.45) is -0.414. The Morgan fingerprint density at radius 3 is 2.16 bits per heavy atom. The second kappa shape index (κ2) is 7.58. The van der Waals surface area contributed by atoms with Gasteiger partial charge in [0.05, 0.1) is 11.4 Å². The first-order valence-corrected chi connectivity index (χ1v) is 9.43. The van der Waals surface area contributed by atoms with Gasteiger partial charge in [0.25, 0.3) is 0 Å². The Bertz CT molecular complexity index is 723. The maximum atomic E-state index is 12.1. The molecule has 2 aromatic rings. The van der Waals surface area contributed by atoms with Gasteiger partial charge in [0, 0.05) is 29.4 Å². The van der Waals surface area contributed by atoms with Crippen molar-refractivity contribution >= 4 is 40.8 Å². The van der Waals surface area contributed by atoms with Gasteiger partial charge < -0.3 is 14.5 Å². The number of halogens is 1. The third kappa shape index (κ3) is 3.88. The van der Waals surface area contributed by atoms with Crippen molar-refractivity contribution in [3.63, 3.8) is 0 Å². The normalized spacial score (nSPS) is 15.0. The van der Waals surface area contributed by atoms with Gasteiger partial charge in [0.15, 0.2) is 5.56 Å². The molecule has 2 unspecified atom stereocenters. The van der Waals surface area contributed by atoms with Gasteiger partial charge in [-0.05, 0) is 38.1 Å². The molecular weight excluding hydrogens is 356 g/mol. The van der Waals surface area contributed by atoms with Crippen LogP contribution in [0.1, 0.15) is 13.8 Å². The molecule has 0 saturated heterocycles. The predicted molar refractivity (Wildman–Crippen MR) is 103 cm³/mol. The van der Waals surface area contributed by atoms with Crippen molar-refractivity contribution in [2.75, 3.05) is 18.5 Å². The van der Waals surface area contributed by atoms with E-state index in [0.717, 1.165) is 11.4 Å². The fraction of sp³-hybridized carbons (Fsp3) is 0.316. The first-order valence-electron chi connectivity index (χ1n) is 8.18. The third-order valence-corrected chi connectivity index (χ3v) is 5.41. The van der Waals surface area contributed by atoms with E-state index < -0.39 is 11.7 Å². The summed E-state index contributed by atoms with van der Waals surface area (Å²) in [4.78, 5) is 18.4. The molecule has 1 aliphatic rings. The molecule has 4 nitrogen and oxygen atoms in total. The number of nitrogens with zero attached hydrogens (tertiary/aromatic N) is 2. The Labute approximate surface area is 157 Å². The third-order valence-electron chi connectivity index (χ3n) is 4.19. The van der Waals surface area contributed by atoms with Crippen molar-refractivity contribution in [3.05, 3.63) is 48.5 Å². The highest BCUT2D eigenvalue weighted by molar-refractivity contribution is 7.99. The van der Waals surface area contributed by atoms with Crippen LogP contribution in [0.25, 0.3) is 0 Å². The van der Waals surface area contributed by atoms with Gasteiger partial charge in [0.2, 0.25) is 0 Å². The number of benzene rings is 2. The van der Waals surface area contributed by atoms with Crippen molar-refractivity contribution in [1.29, 1.82) is 0 Å². The SMILES string of the molecule is CC(Cl)OC(=O)N(C)C(C)CN1c2ccccc2Sc2ccccc21. The lowest BCUT2D eigenvalue weighted by Crippen LogP contribution is -2.43. The molecular formula is C19H21ClN2O2S. The zero-order chi connectivity index (χ0) is 18.0. The Morgan fingerprint density at radius 2 is 1.64 bits per heavy atom. The molecule has 0 radical (unpaired) electrons. The summed E-state index contributed by atoms with van der Waals surface area (Å²) in [7, 11) is 1.74. The zero-order valence-corrected chi connectivity index (χ0v) is 16.1. The molecule has 132 valence electrons. The first kappa shape index (κ1) is 18.0. The molecule has 0 fully saturated rings. The molecule has 6 heteroatoms. The Hall–Kier alpha value is -1.85. The van der Waals surface area contributed by atoms with Crippen LogP contribution < -0.4 is 4.90 Å². The number of alkyl halides is 1. The number of para-hydroxylation sites is 2. The number of hydrogen-bond acceptors (Lipinski definition) is 4. The highest BCUT2D eigenvalue weighted by Gasteiger charge is 2.27. The number of ether oxygens (including phenoxy) is 1. The fourth-order valence-electron chi connectivity index (χ4n) is 2.77. The van der Waals surface area contributed by atoms with Crippen molar-refractivity contribution in [1.82, 2.24) is 4.90 Å². The monoisotopic (exact) mass is 376 g/mol. The van der Waals surface area contributed by atoms with E-state index in [1.807, 2.05) is 31.2 Å². The average Bonchev–Trinajstić information content (AvgIpc) is 2.60. The lowest BCUT2D eigenvalue weighted by atomic mass is 10.2. The Morgan fingerprint density at radius 1 is 1.12 bits per heavy atom. The summed E-state index contributed by atoms with van der Waals surface area (Å²) in [5.41, 5.74) is 1.67. The van der Waals surface area contributed by atoms with Gasteiger partial charge >= 0.3 is 6.09 Å². The van der Waals surface area contributed by atoms with Gasteiger partial charge in [-0.2, -0.15) is 0 Å². The molecule has 0 aromatic heterocycles. The summed E-state index contributed by atoms with van der Waals surface area (Å²) < 4.78 is 5.09. The van der Waals surface area contributed by atoms with Crippen LogP contribution in [-0.2, 0) is 4.74 Å². The minimum Gasteiger partial charge on any atom is -0.430 e. The number of carbonyl (C=O) groups excluding carboxylic acids is 1. The number of carbonyl (C=O) groups is 1. The smallest absolute Gasteiger partial charge is 0.411 e. The highest BCUT2D eigenvalue weighted by Crippen LogP contribution is 2.47. The minimum atomic E-state index is -0.644. The lowest BCUT2D eigenvalue weighted by molar-refractivity contribution is 0.0941. The number of anilines is 2. The first-order chi connectivity index (χ1) is 12.0. The largest absolute Gasteiger partial charge is 0.430 e. The van der Waals surface area contributed by atoms with E-state index in [2.05, 4.69) is 29.2 Å². The standard InChI is InChI=1S/C19H21ClN2O2S/c1-13(21(3)19(23)24-14(2)20)12-22-15-8-4-6-10-17(15)25-18-11-7-5-9-16(18)22/h4-11,13-14H,12H2,1-3H3. The van der Waals surface area contributed by atoms with Crippen LogP contribution in [0.2, 0.25) is 0 Å². The van der Waals surface area contributed by atoms with Crippen molar-refractivity contribution < 1.29 is 9.53 Å². The van der Waals surface area contributed by atoms with E-state index in [1.165, 1.54) is 9.79 Å². The molecule has 0 bridgehead atoms. The second-order valence-corrected chi connectivity index (χ2v) is 7.73. The summed E-state index contributed by atoms with van der Waals surface area (Å²) in [6.45, 7) is 4.30. The predicted octanol–water partition coefficient (Wildman–Crippen LogP) is 5.33. The second-order valence-electron chi connectivity index (χ2n) is 6.03. The number of fused-ring (bicyclic) bond motifs is 2. The molecule has 1 amide bonds. The van der Waals surface area contributed by atoms with Gasteiger partial charge in [-0.1, -0.05) is 47.6 Å². The van der Waals surface area contributed by atoms with E-state index in [9.17, 15) is 4.79 Å². The van der Waals surface area contributed by atoms with Crippen LogP contribution in [-0.4, -0.2) is 36.2 Å². The number of hydrogen-bond donors (Lipinski definition) is 0. The van der Waals surface area contributed by atoms with E-state index in [0.29, 0.717) is 6.54 Å². The van der Waals surface area contributed by atoms with E-state index in [1.54, 1.807) is 30.6 Å². The number of rotatable bonds is 4. The molecule has 2 aromatic carbocycles. The number of amides is 1. The van der Waals surface area contributed by atoms with Gasteiger partial charge in [-0.15, -0.1) is 0 Å². The Kier molecular flexibility index (Phi) is 5.45. The van der Waals surface area contributed by atoms with Gasteiger partial charge in [0.1, 0.15) is 0 Å². The van der Waals surface area contributed by atoms with Crippen molar-refractivity contribution in [2.45, 2.75) is 35.2 Å². The van der Waals surface area contributed by atoms with Crippen LogP contribution in [0.5, 0.6) is 0 Å². The summed E-state index contributed by atoms with van der Waals surface area (Å²) >= 11 is 7.54. The Balaban J connectivity index is 1.86.